The molecule has 0 radical (unpaired) electrons. The second-order valence-electron chi connectivity index (χ2n) is 5.75. The number of ether oxygens (including phenoxy) is 1. The van der Waals surface area contributed by atoms with Gasteiger partial charge in [0.1, 0.15) is 12.1 Å². The SMILES string of the molecule is CC[C@@H](C)N1CCN(C(=O)OC(C)(C)C)CC1=O. The highest BCUT2D eigenvalue weighted by Crippen LogP contribution is 2.14. The lowest BCUT2D eigenvalue weighted by Gasteiger charge is -2.37. The maximum atomic E-state index is 12.0. The monoisotopic (exact) mass is 256 g/mol. The first-order valence-corrected chi connectivity index (χ1v) is 6.52. The van der Waals surface area contributed by atoms with Gasteiger partial charge in [-0.1, -0.05) is 6.92 Å². The van der Waals surface area contributed by atoms with Gasteiger partial charge in [0.15, 0.2) is 0 Å². The third kappa shape index (κ3) is 3.89. The number of piperazine rings is 1. The quantitative estimate of drug-likeness (QED) is 0.757. The second kappa shape index (κ2) is 5.59. The third-order valence-electron chi connectivity index (χ3n) is 3.03. The van der Waals surface area contributed by atoms with Crippen molar-refractivity contribution in [1.82, 2.24) is 9.80 Å². The van der Waals surface area contributed by atoms with Crippen molar-refractivity contribution in [2.75, 3.05) is 19.6 Å². The van der Waals surface area contributed by atoms with Crippen molar-refractivity contribution in [2.45, 2.75) is 52.7 Å². The Labute approximate surface area is 109 Å². The summed E-state index contributed by atoms with van der Waals surface area (Å²) in [5.41, 5.74) is -0.520. The van der Waals surface area contributed by atoms with Gasteiger partial charge in [0, 0.05) is 19.1 Å². The molecule has 0 aliphatic carbocycles. The summed E-state index contributed by atoms with van der Waals surface area (Å²) >= 11 is 0. The summed E-state index contributed by atoms with van der Waals surface area (Å²) in [4.78, 5) is 27.1. The van der Waals surface area contributed by atoms with Gasteiger partial charge >= 0.3 is 6.09 Å². The van der Waals surface area contributed by atoms with Crippen molar-refractivity contribution in [2.24, 2.45) is 0 Å². The maximum absolute atomic E-state index is 12.0. The summed E-state index contributed by atoms with van der Waals surface area (Å²) < 4.78 is 5.26. The lowest BCUT2D eigenvalue weighted by atomic mass is 10.2. The number of nitrogens with zero attached hydrogens (tertiary/aromatic N) is 2. The molecule has 1 atom stereocenters. The van der Waals surface area contributed by atoms with Gasteiger partial charge in [0.05, 0.1) is 0 Å². The lowest BCUT2D eigenvalue weighted by Crippen LogP contribution is -2.55. The van der Waals surface area contributed by atoms with Gasteiger partial charge < -0.3 is 9.64 Å². The Balaban J connectivity index is 2.56. The van der Waals surface area contributed by atoms with E-state index in [4.69, 9.17) is 4.74 Å². The van der Waals surface area contributed by atoms with Gasteiger partial charge in [-0.25, -0.2) is 4.79 Å². The van der Waals surface area contributed by atoms with Crippen LogP contribution in [0.5, 0.6) is 0 Å². The van der Waals surface area contributed by atoms with Crippen molar-refractivity contribution in [3.05, 3.63) is 0 Å². The van der Waals surface area contributed by atoms with E-state index in [2.05, 4.69) is 6.92 Å². The van der Waals surface area contributed by atoms with E-state index in [1.807, 2.05) is 32.6 Å². The predicted molar refractivity (Wildman–Crippen MR) is 69.3 cm³/mol. The fourth-order valence-electron chi connectivity index (χ4n) is 1.86. The fraction of sp³-hybridized carbons (Fsp3) is 0.846. The van der Waals surface area contributed by atoms with Crippen LogP contribution in [0.4, 0.5) is 4.79 Å². The molecule has 18 heavy (non-hydrogen) atoms. The molecule has 0 aromatic heterocycles. The van der Waals surface area contributed by atoms with Crippen molar-refractivity contribution in [1.29, 1.82) is 0 Å². The largest absolute Gasteiger partial charge is 0.444 e. The van der Waals surface area contributed by atoms with Crippen LogP contribution in [0.1, 0.15) is 41.0 Å². The minimum atomic E-state index is -0.520. The molecular formula is C13H24N2O3. The molecule has 1 aliphatic rings. The van der Waals surface area contributed by atoms with Crippen LogP contribution in [0.2, 0.25) is 0 Å². The highest BCUT2D eigenvalue weighted by Gasteiger charge is 2.31. The zero-order valence-corrected chi connectivity index (χ0v) is 12.0. The first-order valence-electron chi connectivity index (χ1n) is 6.52. The Hall–Kier alpha value is -1.26. The molecule has 1 aliphatic heterocycles. The number of hydrogen-bond acceptors (Lipinski definition) is 3. The van der Waals surface area contributed by atoms with Gasteiger partial charge in [-0.05, 0) is 34.1 Å². The van der Waals surface area contributed by atoms with E-state index in [-0.39, 0.29) is 18.5 Å². The van der Waals surface area contributed by atoms with Crippen LogP contribution in [0.3, 0.4) is 0 Å². The van der Waals surface area contributed by atoms with E-state index >= 15 is 0 Å². The zero-order chi connectivity index (χ0) is 13.9. The van der Waals surface area contributed by atoms with Gasteiger partial charge in [-0.3, -0.25) is 9.69 Å². The summed E-state index contributed by atoms with van der Waals surface area (Å²) in [7, 11) is 0. The molecule has 5 heteroatoms. The van der Waals surface area contributed by atoms with E-state index in [9.17, 15) is 9.59 Å². The molecule has 5 nitrogen and oxygen atoms in total. The Kier molecular flexibility index (Phi) is 4.59. The zero-order valence-electron chi connectivity index (χ0n) is 12.0. The molecule has 0 aromatic carbocycles. The first kappa shape index (κ1) is 14.8. The number of rotatable bonds is 2. The smallest absolute Gasteiger partial charge is 0.410 e. The van der Waals surface area contributed by atoms with Crippen LogP contribution < -0.4 is 0 Å². The maximum Gasteiger partial charge on any atom is 0.410 e. The molecule has 1 fully saturated rings. The first-order chi connectivity index (χ1) is 8.24. The van der Waals surface area contributed by atoms with Crippen molar-refractivity contribution in [3.63, 3.8) is 0 Å². The van der Waals surface area contributed by atoms with E-state index in [1.165, 1.54) is 4.90 Å². The van der Waals surface area contributed by atoms with Crippen LogP contribution in [0, 0.1) is 0 Å². The third-order valence-corrected chi connectivity index (χ3v) is 3.03. The average molecular weight is 256 g/mol. The van der Waals surface area contributed by atoms with E-state index in [1.54, 1.807) is 0 Å². The van der Waals surface area contributed by atoms with E-state index in [0.29, 0.717) is 13.1 Å². The normalized spacial score (nSPS) is 18.8. The molecule has 0 bridgehead atoms. The van der Waals surface area contributed by atoms with Crippen LogP contribution in [-0.4, -0.2) is 53.1 Å². The predicted octanol–water partition coefficient (Wildman–Crippen LogP) is 1.86. The molecule has 1 saturated heterocycles. The van der Waals surface area contributed by atoms with E-state index < -0.39 is 11.7 Å². The average Bonchev–Trinajstić information content (AvgIpc) is 2.25. The number of amides is 2. The number of carbonyl (C=O) groups is 2. The molecule has 1 heterocycles. The molecule has 1 rings (SSSR count). The highest BCUT2D eigenvalue weighted by atomic mass is 16.6. The second-order valence-corrected chi connectivity index (χ2v) is 5.75. The standard InChI is InChI=1S/C13H24N2O3/c1-6-10(2)15-8-7-14(9-11(15)16)12(17)18-13(3,4)5/h10H,6-9H2,1-5H3/t10-/m1/s1. The van der Waals surface area contributed by atoms with Crippen molar-refractivity contribution in [3.8, 4) is 0 Å². The van der Waals surface area contributed by atoms with Gasteiger partial charge in [0.2, 0.25) is 5.91 Å². The highest BCUT2D eigenvalue weighted by molar-refractivity contribution is 5.83. The van der Waals surface area contributed by atoms with Crippen LogP contribution in [0.15, 0.2) is 0 Å². The van der Waals surface area contributed by atoms with Gasteiger partial charge in [-0.15, -0.1) is 0 Å². The van der Waals surface area contributed by atoms with Gasteiger partial charge in [0.25, 0.3) is 0 Å². The Morgan fingerprint density at radius 1 is 1.39 bits per heavy atom. The summed E-state index contributed by atoms with van der Waals surface area (Å²) in [6.45, 7) is 10.8. The summed E-state index contributed by atoms with van der Waals surface area (Å²) in [5.74, 6) is 0.00135. The van der Waals surface area contributed by atoms with Crippen molar-refractivity contribution < 1.29 is 14.3 Å². The summed E-state index contributed by atoms with van der Waals surface area (Å²) in [6, 6.07) is 0.235. The van der Waals surface area contributed by atoms with Crippen LogP contribution in [-0.2, 0) is 9.53 Å². The number of carbonyl (C=O) groups excluding carboxylic acids is 2. The molecule has 104 valence electrons. The van der Waals surface area contributed by atoms with Crippen LogP contribution >= 0.6 is 0 Å². The molecule has 0 unspecified atom stereocenters. The minimum absolute atomic E-state index is 0.00135. The topological polar surface area (TPSA) is 49.9 Å². The molecule has 0 aromatic rings. The molecule has 0 saturated carbocycles. The van der Waals surface area contributed by atoms with Crippen molar-refractivity contribution >= 4 is 12.0 Å². The van der Waals surface area contributed by atoms with E-state index in [0.717, 1.165) is 6.42 Å². The molecule has 2 amide bonds. The van der Waals surface area contributed by atoms with Gasteiger partial charge in [-0.2, -0.15) is 0 Å². The molecule has 0 spiro atoms. The van der Waals surface area contributed by atoms with Crippen LogP contribution in [0.25, 0.3) is 0 Å². The number of hydrogen-bond donors (Lipinski definition) is 0. The minimum Gasteiger partial charge on any atom is -0.444 e. The molecule has 0 N–H and O–H groups in total. The Morgan fingerprint density at radius 3 is 2.44 bits per heavy atom. The Morgan fingerprint density at radius 2 is 2.00 bits per heavy atom. The molecular weight excluding hydrogens is 232 g/mol. The fourth-order valence-corrected chi connectivity index (χ4v) is 1.86. The summed E-state index contributed by atoms with van der Waals surface area (Å²) in [5, 5.41) is 0. The summed E-state index contributed by atoms with van der Waals surface area (Å²) in [6.07, 6.45) is 0.526. The Bertz CT molecular complexity index is 323. The lowest BCUT2D eigenvalue weighted by molar-refractivity contribution is -0.138.